The molecule has 2 N–H and O–H groups in total. The summed E-state index contributed by atoms with van der Waals surface area (Å²) in [6.45, 7) is 8.86. The predicted molar refractivity (Wildman–Crippen MR) is 120 cm³/mol. The standard InChI is InChI=1S/C23H31NO2S2/c1-6-23(7-2)9-8-17-18(12-23)22(27-5)28-20(17)21(26)24-13-16-10-14(3)19(25)15(4)11-16/h10-11,25H,6-9,12-13H2,1-5H3,(H,24,26). The summed E-state index contributed by atoms with van der Waals surface area (Å²) in [4.78, 5) is 13.9. The second-order valence-electron chi connectivity index (χ2n) is 8.02. The number of phenols is 1. The largest absolute Gasteiger partial charge is 0.507 e. The summed E-state index contributed by atoms with van der Waals surface area (Å²) in [6.07, 6.45) is 7.80. The summed E-state index contributed by atoms with van der Waals surface area (Å²) in [5.41, 5.74) is 5.81. The zero-order valence-electron chi connectivity index (χ0n) is 17.6. The van der Waals surface area contributed by atoms with Crippen LogP contribution in [0.25, 0.3) is 0 Å². The molecule has 0 atom stereocenters. The van der Waals surface area contributed by atoms with Gasteiger partial charge in [-0.1, -0.05) is 38.8 Å². The van der Waals surface area contributed by atoms with Crippen molar-refractivity contribution in [2.75, 3.05) is 6.26 Å². The van der Waals surface area contributed by atoms with Gasteiger partial charge < -0.3 is 10.4 Å². The smallest absolute Gasteiger partial charge is 0.261 e. The molecule has 3 nitrogen and oxygen atoms in total. The van der Waals surface area contributed by atoms with Crippen LogP contribution in [0.15, 0.2) is 16.3 Å². The van der Waals surface area contributed by atoms with Crippen molar-refractivity contribution in [1.29, 1.82) is 0 Å². The Balaban J connectivity index is 1.81. The highest BCUT2D eigenvalue weighted by Crippen LogP contribution is 2.47. The number of carbonyl (C=O) groups is 1. The monoisotopic (exact) mass is 417 g/mol. The molecule has 28 heavy (non-hydrogen) atoms. The third kappa shape index (κ3) is 3.97. The van der Waals surface area contributed by atoms with Gasteiger partial charge in [0, 0.05) is 6.54 Å². The van der Waals surface area contributed by atoms with E-state index in [1.54, 1.807) is 23.1 Å². The van der Waals surface area contributed by atoms with Gasteiger partial charge in [0.25, 0.3) is 5.91 Å². The summed E-state index contributed by atoms with van der Waals surface area (Å²) >= 11 is 3.43. The SMILES string of the molecule is CCC1(CC)CCc2c(C(=O)NCc3cc(C)c(O)c(C)c3)sc(SC)c2C1. The lowest BCUT2D eigenvalue weighted by Gasteiger charge is -2.36. The molecule has 2 aromatic rings. The second-order valence-corrected chi connectivity index (χ2v) is 10.1. The lowest BCUT2D eigenvalue weighted by Crippen LogP contribution is -2.29. The van der Waals surface area contributed by atoms with Crippen LogP contribution in [-0.2, 0) is 19.4 Å². The molecule has 1 heterocycles. The topological polar surface area (TPSA) is 49.3 Å². The van der Waals surface area contributed by atoms with E-state index in [4.69, 9.17) is 0 Å². The molecule has 1 amide bonds. The fourth-order valence-corrected chi connectivity index (χ4v) is 6.43. The Hall–Kier alpha value is -1.46. The summed E-state index contributed by atoms with van der Waals surface area (Å²) < 4.78 is 1.31. The number of phenolic OH excluding ortho intramolecular Hbond substituents is 1. The van der Waals surface area contributed by atoms with Crippen LogP contribution >= 0.6 is 23.1 Å². The van der Waals surface area contributed by atoms with Gasteiger partial charge in [0.15, 0.2) is 0 Å². The van der Waals surface area contributed by atoms with Crippen LogP contribution in [0.2, 0.25) is 0 Å². The van der Waals surface area contributed by atoms with E-state index in [0.717, 1.165) is 34.4 Å². The summed E-state index contributed by atoms with van der Waals surface area (Å²) in [6, 6.07) is 3.88. The summed E-state index contributed by atoms with van der Waals surface area (Å²) in [5, 5.41) is 13.0. The first-order chi connectivity index (χ1) is 13.3. The van der Waals surface area contributed by atoms with Crippen LogP contribution in [0.3, 0.4) is 0 Å². The van der Waals surface area contributed by atoms with Crippen LogP contribution < -0.4 is 5.32 Å². The second kappa shape index (κ2) is 8.50. The van der Waals surface area contributed by atoms with E-state index in [1.165, 1.54) is 34.6 Å². The summed E-state index contributed by atoms with van der Waals surface area (Å²) in [5.74, 6) is 0.368. The number of nitrogens with one attached hydrogen (secondary N) is 1. The maximum atomic E-state index is 13.0. The molecular formula is C23H31NO2S2. The summed E-state index contributed by atoms with van der Waals surface area (Å²) in [7, 11) is 0. The first kappa shape index (κ1) is 21.3. The van der Waals surface area contributed by atoms with E-state index < -0.39 is 0 Å². The molecule has 0 spiro atoms. The molecule has 3 rings (SSSR count). The number of fused-ring (bicyclic) bond motifs is 1. The van der Waals surface area contributed by atoms with Crippen molar-refractivity contribution in [2.45, 2.75) is 70.6 Å². The Morgan fingerprint density at radius 1 is 1.21 bits per heavy atom. The van der Waals surface area contributed by atoms with Gasteiger partial charge in [-0.25, -0.2) is 0 Å². The van der Waals surface area contributed by atoms with Gasteiger partial charge in [0.2, 0.25) is 0 Å². The Morgan fingerprint density at radius 2 is 1.86 bits per heavy atom. The number of thioether (sulfide) groups is 1. The van der Waals surface area contributed by atoms with Gasteiger partial charge >= 0.3 is 0 Å². The van der Waals surface area contributed by atoms with Crippen molar-refractivity contribution >= 4 is 29.0 Å². The number of hydrogen-bond donors (Lipinski definition) is 2. The third-order valence-corrected chi connectivity index (χ3v) is 8.87. The van der Waals surface area contributed by atoms with Crippen LogP contribution in [0, 0.1) is 19.3 Å². The van der Waals surface area contributed by atoms with Crippen LogP contribution in [0.1, 0.15) is 70.6 Å². The fourth-order valence-electron chi connectivity index (χ4n) is 4.39. The fraction of sp³-hybridized carbons (Fsp3) is 0.522. The first-order valence-electron chi connectivity index (χ1n) is 10.1. The number of aryl methyl sites for hydroxylation is 2. The Bertz CT molecular complexity index is 858. The molecule has 1 aliphatic rings. The molecule has 0 saturated heterocycles. The minimum Gasteiger partial charge on any atom is -0.507 e. The normalized spacial score (nSPS) is 15.3. The molecule has 1 aromatic heterocycles. The highest BCUT2D eigenvalue weighted by molar-refractivity contribution is 8.00. The average molecular weight is 418 g/mol. The predicted octanol–water partition coefficient (Wildman–Crippen LogP) is 6.02. The first-order valence-corrected chi connectivity index (χ1v) is 12.1. The van der Waals surface area contributed by atoms with E-state index in [1.807, 2.05) is 26.0 Å². The molecule has 0 unspecified atom stereocenters. The number of thiophene rings is 1. The van der Waals surface area contributed by atoms with E-state index in [0.29, 0.717) is 17.7 Å². The number of rotatable bonds is 6. The van der Waals surface area contributed by atoms with Crippen LogP contribution in [0.5, 0.6) is 5.75 Å². The van der Waals surface area contributed by atoms with E-state index in [9.17, 15) is 9.90 Å². The molecule has 0 radical (unpaired) electrons. The molecule has 1 aliphatic carbocycles. The molecular weight excluding hydrogens is 386 g/mol. The molecule has 152 valence electrons. The molecule has 0 bridgehead atoms. The number of benzene rings is 1. The highest BCUT2D eigenvalue weighted by Gasteiger charge is 2.36. The van der Waals surface area contributed by atoms with Crippen molar-refractivity contribution in [3.05, 3.63) is 44.8 Å². The van der Waals surface area contributed by atoms with Gasteiger partial charge in [0.05, 0.1) is 9.09 Å². The number of carbonyl (C=O) groups excluding carboxylic acids is 1. The minimum atomic E-state index is 0.0328. The molecule has 5 heteroatoms. The van der Waals surface area contributed by atoms with Gasteiger partial charge in [-0.05, 0) is 72.6 Å². The van der Waals surface area contributed by atoms with Crippen LogP contribution in [0.4, 0.5) is 0 Å². The van der Waals surface area contributed by atoms with Crippen molar-refractivity contribution in [2.24, 2.45) is 5.41 Å². The Morgan fingerprint density at radius 3 is 2.43 bits per heavy atom. The van der Waals surface area contributed by atoms with Crippen molar-refractivity contribution < 1.29 is 9.90 Å². The van der Waals surface area contributed by atoms with Crippen molar-refractivity contribution in [3.63, 3.8) is 0 Å². The average Bonchev–Trinajstić information content (AvgIpc) is 3.07. The van der Waals surface area contributed by atoms with Gasteiger partial charge in [-0.15, -0.1) is 23.1 Å². The van der Waals surface area contributed by atoms with Crippen LogP contribution in [-0.4, -0.2) is 17.3 Å². The zero-order chi connectivity index (χ0) is 20.5. The molecule has 0 aliphatic heterocycles. The van der Waals surface area contributed by atoms with Gasteiger partial charge in [-0.2, -0.15) is 0 Å². The highest BCUT2D eigenvalue weighted by atomic mass is 32.2. The van der Waals surface area contributed by atoms with Gasteiger partial charge in [0.1, 0.15) is 5.75 Å². The van der Waals surface area contributed by atoms with Crippen molar-refractivity contribution in [3.8, 4) is 5.75 Å². The third-order valence-electron chi connectivity index (χ3n) is 6.43. The van der Waals surface area contributed by atoms with E-state index in [-0.39, 0.29) is 5.91 Å². The molecule has 0 saturated carbocycles. The quantitative estimate of drug-likeness (QED) is 0.565. The molecule has 1 aromatic carbocycles. The zero-order valence-corrected chi connectivity index (χ0v) is 19.2. The van der Waals surface area contributed by atoms with Gasteiger partial charge in [-0.3, -0.25) is 4.79 Å². The van der Waals surface area contributed by atoms with E-state index >= 15 is 0 Å². The Labute approximate surface area is 176 Å². The number of amides is 1. The number of aromatic hydroxyl groups is 1. The van der Waals surface area contributed by atoms with Crippen molar-refractivity contribution in [1.82, 2.24) is 5.32 Å². The maximum absolute atomic E-state index is 13.0. The maximum Gasteiger partial charge on any atom is 0.261 e. The lowest BCUT2D eigenvalue weighted by atomic mass is 9.69. The minimum absolute atomic E-state index is 0.0328. The Kier molecular flexibility index (Phi) is 6.45. The van der Waals surface area contributed by atoms with E-state index in [2.05, 4.69) is 25.4 Å². The lowest BCUT2D eigenvalue weighted by molar-refractivity contribution is 0.0953. The number of hydrogen-bond acceptors (Lipinski definition) is 4. The molecule has 0 fully saturated rings.